The van der Waals surface area contributed by atoms with Crippen LogP contribution in [-0.2, 0) is 11.3 Å². The van der Waals surface area contributed by atoms with Crippen molar-refractivity contribution < 1.29 is 4.79 Å². The normalized spacial score (nSPS) is 11.2. The van der Waals surface area contributed by atoms with Gasteiger partial charge in [-0.25, -0.2) is 10.4 Å². The van der Waals surface area contributed by atoms with Gasteiger partial charge in [0.25, 0.3) is 5.91 Å². The predicted octanol–water partition coefficient (Wildman–Crippen LogP) is 2.80. The monoisotopic (exact) mass is 306 g/mol. The molecule has 0 aliphatic heterocycles. The topological polar surface area (TPSA) is 59.3 Å². The summed E-state index contributed by atoms with van der Waals surface area (Å²) in [6, 6.07) is 13.8. The molecule has 0 saturated heterocycles. The van der Waals surface area contributed by atoms with Crippen LogP contribution in [0.1, 0.15) is 16.7 Å². The molecule has 0 bridgehead atoms. The van der Waals surface area contributed by atoms with Crippen LogP contribution < -0.4 is 5.43 Å². The summed E-state index contributed by atoms with van der Waals surface area (Å²) in [5.74, 6) is -0.186. The maximum Gasteiger partial charge on any atom is 0.260 e. The molecule has 1 heterocycles. The van der Waals surface area contributed by atoms with Crippen LogP contribution >= 0.6 is 0 Å². The molecule has 0 aliphatic carbocycles. The van der Waals surface area contributed by atoms with Gasteiger partial charge in [-0.2, -0.15) is 5.10 Å². The van der Waals surface area contributed by atoms with E-state index < -0.39 is 0 Å². The number of hydrazone groups is 1. The number of hydrogen-bond donors (Lipinski definition) is 1. The Labute approximate surface area is 134 Å². The van der Waals surface area contributed by atoms with Crippen molar-refractivity contribution in [2.24, 2.45) is 5.10 Å². The molecular weight excluding hydrogens is 288 g/mol. The van der Waals surface area contributed by atoms with E-state index >= 15 is 0 Å². The molecule has 0 saturated carbocycles. The SMILES string of the molecule is Cc1ccc(/C=N\NC(=O)Cn2cnc3ccccc32)c(C)c1. The molecule has 1 N–H and O–H groups in total. The first-order chi connectivity index (χ1) is 11.1. The molecule has 0 aliphatic rings. The number of carbonyl (C=O) groups is 1. The third-order valence-electron chi connectivity index (χ3n) is 3.66. The number of para-hydroxylation sites is 2. The number of nitrogens with one attached hydrogen (secondary N) is 1. The summed E-state index contributed by atoms with van der Waals surface area (Å²) in [5.41, 5.74) is 7.69. The second kappa shape index (κ2) is 6.44. The van der Waals surface area contributed by atoms with Crippen LogP contribution in [0.15, 0.2) is 53.9 Å². The molecular formula is C18H18N4O. The Hall–Kier alpha value is -2.95. The molecule has 2 aromatic carbocycles. The molecule has 5 nitrogen and oxygen atoms in total. The standard InChI is InChI=1S/C18H18N4O/c1-13-7-8-15(14(2)9-13)10-20-21-18(23)11-22-12-19-16-5-3-4-6-17(16)22/h3-10,12H,11H2,1-2H3,(H,21,23)/b20-10-. The number of amides is 1. The number of hydrogen-bond acceptors (Lipinski definition) is 3. The number of benzene rings is 2. The first-order valence-electron chi connectivity index (χ1n) is 7.42. The average Bonchev–Trinajstić information content (AvgIpc) is 2.93. The summed E-state index contributed by atoms with van der Waals surface area (Å²) in [5, 5.41) is 4.03. The lowest BCUT2D eigenvalue weighted by Crippen LogP contribution is -2.22. The number of aromatic nitrogens is 2. The highest BCUT2D eigenvalue weighted by Gasteiger charge is 2.05. The zero-order valence-electron chi connectivity index (χ0n) is 13.2. The van der Waals surface area contributed by atoms with Gasteiger partial charge in [-0.1, -0.05) is 35.9 Å². The van der Waals surface area contributed by atoms with Crippen LogP contribution in [-0.4, -0.2) is 21.7 Å². The van der Waals surface area contributed by atoms with Gasteiger partial charge in [0.05, 0.1) is 23.6 Å². The fourth-order valence-corrected chi connectivity index (χ4v) is 2.47. The molecule has 1 aromatic heterocycles. The molecule has 5 heteroatoms. The molecule has 0 fully saturated rings. The largest absolute Gasteiger partial charge is 0.321 e. The van der Waals surface area contributed by atoms with Crippen molar-refractivity contribution in [2.45, 2.75) is 20.4 Å². The lowest BCUT2D eigenvalue weighted by molar-refractivity contribution is -0.121. The summed E-state index contributed by atoms with van der Waals surface area (Å²) in [6.45, 7) is 4.25. The Morgan fingerprint density at radius 1 is 1.26 bits per heavy atom. The Morgan fingerprint density at radius 2 is 2.09 bits per heavy atom. The van der Waals surface area contributed by atoms with Crippen molar-refractivity contribution in [2.75, 3.05) is 0 Å². The van der Waals surface area contributed by atoms with Crippen LogP contribution in [0.2, 0.25) is 0 Å². The van der Waals surface area contributed by atoms with Crippen LogP contribution in [0.25, 0.3) is 11.0 Å². The quantitative estimate of drug-likeness (QED) is 0.595. The van der Waals surface area contributed by atoms with E-state index in [2.05, 4.69) is 21.6 Å². The average molecular weight is 306 g/mol. The summed E-state index contributed by atoms with van der Waals surface area (Å²) >= 11 is 0. The number of nitrogens with zero attached hydrogens (tertiary/aromatic N) is 3. The van der Waals surface area contributed by atoms with Crippen LogP contribution in [0.3, 0.4) is 0 Å². The smallest absolute Gasteiger partial charge is 0.260 e. The van der Waals surface area contributed by atoms with Crippen LogP contribution in [0.5, 0.6) is 0 Å². The first-order valence-corrected chi connectivity index (χ1v) is 7.42. The van der Waals surface area contributed by atoms with Crippen molar-refractivity contribution in [3.8, 4) is 0 Å². The number of imidazole rings is 1. The predicted molar refractivity (Wildman–Crippen MR) is 91.4 cm³/mol. The highest BCUT2D eigenvalue weighted by molar-refractivity contribution is 5.84. The highest BCUT2D eigenvalue weighted by atomic mass is 16.2. The lowest BCUT2D eigenvalue weighted by Gasteiger charge is -2.04. The van der Waals surface area contributed by atoms with Gasteiger partial charge < -0.3 is 4.57 Å². The minimum absolute atomic E-state index is 0.185. The highest BCUT2D eigenvalue weighted by Crippen LogP contribution is 2.11. The molecule has 0 spiro atoms. The van der Waals surface area contributed by atoms with Crippen molar-refractivity contribution in [3.05, 3.63) is 65.5 Å². The summed E-state index contributed by atoms with van der Waals surface area (Å²) < 4.78 is 1.80. The van der Waals surface area contributed by atoms with Crippen molar-refractivity contribution >= 4 is 23.2 Å². The van der Waals surface area contributed by atoms with E-state index in [1.54, 1.807) is 17.1 Å². The fraction of sp³-hybridized carbons (Fsp3) is 0.167. The second-order valence-corrected chi connectivity index (χ2v) is 5.51. The number of aryl methyl sites for hydroxylation is 2. The van der Waals surface area contributed by atoms with Crippen LogP contribution in [0.4, 0.5) is 0 Å². The molecule has 3 rings (SSSR count). The van der Waals surface area contributed by atoms with Gasteiger partial charge in [0.2, 0.25) is 0 Å². The third kappa shape index (κ3) is 3.45. The van der Waals surface area contributed by atoms with E-state index in [0.717, 1.165) is 22.2 Å². The Morgan fingerprint density at radius 3 is 2.91 bits per heavy atom. The number of rotatable bonds is 4. The van der Waals surface area contributed by atoms with Gasteiger partial charge >= 0.3 is 0 Å². The van der Waals surface area contributed by atoms with E-state index in [-0.39, 0.29) is 12.5 Å². The maximum absolute atomic E-state index is 12.0. The molecule has 3 aromatic rings. The van der Waals surface area contributed by atoms with E-state index in [1.807, 2.05) is 50.2 Å². The van der Waals surface area contributed by atoms with Gasteiger partial charge in [-0.15, -0.1) is 0 Å². The lowest BCUT2D eigenvalue weighted by atomic mass is 10.1. The summed E-state index contributed by atoms with van der Waals surface area (Å²) in [6.07, 6.45) is 3.33. The minimum atomic E-state index is -0.186. The van der Waals surface area contributed by atoms with Crippen molar-refractivity contribution in [1.29, 1.82) is 0 Å². The van der Waals surface area contributed by atoms with E-state index in [9.17, 15) is 4.79 Å². The molecule has 23 heavy (non-hydrogen) atoms. The Kier molecular flexibility index (Phi) is 4.19. The molecule has 1 amide bonds. The molecule has 0 unspecified atom stereocenters. The van der Waals surface area contributed by atoms with Gasteiger partial charge in [0.15, 0.2) is 0 Å². The molecule has 0 radical (unpaired) electrons. The Balaban J connectivity index is 1.64. The number of carbonyl (C=O) groups excluding carboxylic acids is 1. The maximum atomic E-state index is 12.0. The zero-order chi connectivity index (χ0) is 16.2. The second-order valence-electron chi connectivity index (χ2n) is 5.51. The van der Waals surface area contributed by atoms with Crippen molar-refractivity contribution in [3.63, 3.8) is 0 Å². The Bertz CT molecular complexity index is 880. The first kappa shape index (κ1) is 15.0. The summed E-state index contributed by atoms with van der Waals surface area (Å²) in [4.78, 5) is 16.3. The van der Waals surface area contributed by atoms with Gasteiger partial charge in [0.1, 0.15) is 6.54 Å². The van der Waals surface area contributed by atoms with Gasteiger partial charge in [-0.3, -0.25) is 4.79 Å². The van der Waals surface area contributed by atoms with E-state index in [1.165, 1.54) is 5.56 Å². The van der Waals surface area contributed by atoms with E-state index in [0.29, 0.717) is 0 Å². The van der Waals surface area contributed by atoms with Gasteiger partial charge in [0, 0.05) is 0 Å². The third-order valence-corrected chi connectivity index (χ3v) is 3.66. The van der Waals surface area contributed by atoms with Crippen LogP contribution in [0, 0.1) is 13.8 Å². The summed E-state index contributed by atoms with van der Waals surface area (Å²) in [7, 11) is 0. The fourth-order valence-electron chi connectivity index (χ4n) is 2.47. The van der Waals surface area contributed by atoms with Gasteiger partial charge in [-0.05, 0) is 37.1 Å². The number of fused-ring (bicyclic) bond motifs is 1. The molecule has 116 valence electrons. The zero-order valence-corrected chi connectivity index (χ0v) is 13.2. The van der Waals surface area contributed by atoms with E-state index in [4.69, 9.17) is 0 Å². The molecule has 0 atom stereocenters. The minimum Gasteiger partial charge on any atom is -0.321 e. The van der Waals surface area contributed by atoms with Crippen molar-refractivity contribution in [1.82, 2.24) is 15.0 Å².